The standard InChI is InChI=1S/C15H24N4O/c16-13-10-17-19(11-13)12-14(20)18-8-6-15(7-9-18)4-2-1-3-5-15/h10-11H,1-9,12,16H2. The minimum atomic E-state index is 0.166. The lowest BCUT2D eigenvalue weighted by Gasteiger charge is -2.44. The van der Waals surface area contributed by atoms with Crippen molar-refractivity contribution in [3.05, 3.63) is 12.4 Å². The van der Waals surface area contributed by atoms with Crippen molar-refractivity contribution in [3.63, 3.8) is 0 Å². The van der Waals surface area contributed by atoms with Gasteiger partial charge in [0, 0.05) is 19.3 Å². The molecular formula is C15H24N4O. The first-order valence-corrected chi connectivity index (χ1v) is 7.73. The number of hydrogen-bond acceptors (Lipinski definition) is 3. The van der Waals surface area contributed by atoms with Crippen LogP contribution in [0.2, 0.25) is 0 Å². The summed E-state index contributed by atoms with van der Waals surface area (Å²) in [6.07, 6.45) is 12.5. The van der Waals surface area contributed by atoms with Gasteiger partial charge in [-0.15, -0.1) is 0 Å². The van der Waals surface area contributed by atoms with E-state index in [-0.39, 0.29) is 5.91 Å². The predicted molar refractivity (Wildman–Crippen MR) is 78.0 cm³/mol. The number of carbonyl (C=O) groups excluding carboxylic acids is 1. The maximum Gasteiger partial charge on any atom is 0.244 e. The van der Waals surface area contributed by atoms with Crippen molar-refractivity contribution >= 4 is 11.6 Å². The second kappa shape index (κ2) is 5.46. The average molecular weight is 276 g/mol. The Balaban J connectivity index is 1.53. The first kappa shape index (κ1) is 13.5. The molecule has 2 N–H and O–H groups in total. The zero-order valence-electron chi connectivity index (χ0n) is 12.1. The molecule has 1 spiro atoms. The maximum atomic E-state index is 12.3. The highest BCUT2D eigenvalue weighted by molar-refractivity contribution is 5.76. The molecule has 1 aliphatic carbocycles. The summed E-state index contributed by atoms with van der Waals surface area (Å²) in [7, 11) is 0. The van der Waals surface area contributed by atoms with Gasteiger partial charge in [-0.05, 0) is 31.1 Å². The third kappa shape index (κ3) is 2.81. The van der Waals surface area contributed by atoms with Crippen LogP contribution in [0.4, 0.5) is 5.69 Å². The zero-order chi connectivity index (χ0) is 14.0. The molecule has 0 atom stereocenters. The molecule has 0 bridgehead atoms. The summed E-state index contributed by atoms with van der Waals surface area (Å²) in [5.74, 6) is 0.166. The molecule has 110 valence electrons. The van der Waals surface area contributed by atoms with E-state index in [4.69, 9.17) is 5.73 Å². The summed E-state index contributed by atoms with van der Waals surface area (Å²) in [6.45, 7) is 2.13. The van der Waals surface area contributed by atoms with Gasteiger partial charge in [0.1, 0.15) is 6.54 Å². The quantitative estimate of drug-likeness (QED) is 0.899. The highest BCUT2D eigenvalue weighted by Crippen LogP contribution is 2.44. The number of piperidine rings is 1. The van der Waals surface area contributed by atoms with E-state index in [1.807, 2.05) is 4.90 Å². The number of aromatic nitrogens is 2. The number of nitrogen functional groups attached to an aromatic ring is 1. The Morgan fingerprint density at radius 3 is 2.50 bits per heavy atom. The van der Waals surface area contributed by atoms with E-state index in [2.05, 4.69) is 5.10 Å². The minimum Gasteiger partial charge on any atom is -0.396 e. The van der Waals surface area contributed by atoms with Crippen LogP contribution in [0.3, 0.4) is 0 Å². The third-order valence-electron chi connectivity index (χ3n) is 5.04. The van der Waals surface area contributed by atoms with E-state index in [0.717, 1.165) is 13.1 Å². The Bertz CT molecular complexity index is 466. The fourth-order valence-corrected chi connectivity index (χ4v) is 3.74. The first-order chi connectivity index (χ1) is 9.67. The average Bonchev–Trinajstić information content (AvgIpc) is 2.86. The van der Waals surface area contributed by atoms with E-state index in [0.29, 0.717) is 17.6 Å². The predicted octanol–water partition coefficient (Wildman–Crippen LogP) is 2.04. The SMILES string of the molecule is Nc1cnn(CC(=O)N2CCC3(CCCCC3)CC2)c1. The van der Waals surface area contributed by atoms with Crippen LogP contribution in [0, 0.1) is 5.41 Å². The number of likely N-dealkylation sites (tertiary alicyclic amines) is 1. The van der Waals surface area contributed by atoms with Gasteiger partial charge >= 0.3 is 0 Å². The highest BCUT2D eigenvalue weighted by atomic mass is 16.2. The molecule has 0 unspecified atom stereocenters. The van der Waals surface area contributed by atoms with Crippen molar-refractivity contribution in [1.82, 2.24) is 14.7 Å². The van der Waals surface area contributed by atoms with Crippen LogP contribution in [0.1, 0.15) is 44.9 Å². The van der Waals surface area contributed by atoms with Crippen molar-refractivity contribution in [3.8, 4) is 0 Å². The molecule has 1 amide bonds. The number of amides is 1. The van der Waals surface area contributed by atoms with E-state index < -0.39 is 0 Å². The molecule has 1 aromatic heterocycles. The molecule has 2 aliphatic rings. The summed E-state index contributed by atoms with van der Waals surface area (Å²) in [4.78, 5) is 14.3. The lowest BCUT2D eigenvalue weighted by molar-refractivity contribution is -0.134. The van der Waals surface area contributed by atoms with Crippen molar-refractivity contribution in [1.29, 1.82) is 0 Å². The van der Waals surface area contributed by atoms with Crippen molar-refractivity contribution in [2.45, 2.75) is 51.5 Å². The van der Waals surface area contributed by atoms with Crippen molar-refractivity contribution < 1.29 is 4.79 Å². The molecule has 1 saturated carbocycles. The van der Waals surface area contributed by atoms with Gasteiger partial charge in [0.05, 0.1) is 11.9 Å². The van der Waals surface area contributed by atoms with Crippen LogP contribution in [-0.2, 0) is 11.3 Å². The van der Waals surface area contributed by atoms with Crippen LogP contribution < -0.4 is 5.73 Å². The lowest BCUT2D eigenvalue weighted by Crippen LogP contribution is -2.45. The molecule has 0 radical (unpaired) electrons. The molecule has 5 heteroatoms. The summed E-state index contributed by atoms with van der Waals surface area (Å²) < 4.78 is 1.63. The third-order valence-corrected chi connectivity index (χ3v) is 5.04. The van der Waals surface area contributed by atoms with Crippen LogP contribution in [0.5, 0.6) is 0 Å². The summed E-state index contributed by atoms with van der Waals surface area (Å²) >= 11 is 0. The van der Waals surface area contributed by atoms with E-state index in [1.54, 1.807) is 17.1 Å². The van der Waals surface area contributed by atoms with E-state index in [1.165, 1.54) is 44.9 Å². The number of hydrogen-bond donors (Lipinski definition) is 1. The molecule has 0 aromatic carbocycles. The van der Waals surface area contributed by atoms with Gasteiger partial charge in [0.2, 0.25) is 5.91 Å². The molecule has 5 nitrogen and oxygen atoms in total. The molecule has 20 heavy (non-hydrogen) atoms. The number of rotatable bonds is 2. The number of nitrogens with zero attached hydrogens (tertiary/aromatic N) is 3. The zero-order valence-corrected chi connectivity index (χ0v) is 12.1. The van der Waals surface area contributed by atoms with Crippen molar-refractivity contribution in [2.24, 2.45) is 5.41 Å². The Labute approximate surface area is 120 Å². The molecule has 2 heterocycles. The second-order valence-electron chi connectivity index (χ2n) is 6.41. The van der Waals surface area contributed by atoms with Gasteiger partial charge in [-0.1, -0.05) is 19.3 Å². The molecule has 1 aromatic rings. The van der Waals surface area contributed by atoms with Gasteiger partial charge < -0.3 is 10.6 Å². The summed E-state index contributed by atoms with van der Waals surface area (Å²) in [5.41, 5.74) is 6.77. The monoisotopic (exact) mass is 276 g/mol. The normalized spacial score (nSPS) is 22.1. The fourth-order valence-electron chi connectivity index (χ4n) is 3.74. The summed E-state index contributed by atoms with van der Waals surface area (Å²) in [5, 5.41) is 4.08. The van der Waals surface area contributed by atoms with E-state index in [9.17, 15) is 4.79 Å². The molecule has 1 saturated heterocycles. The largest absolute Gasteiger partial charge is 0.396 e. The minimum absolute atomic E-state index is 0.166. The number of anilines is 1. The van der Waals surface area contributed by atoms with Gasteiger partial charge in [-0.3, -0.25) is 9.48 Å². The maximum absolute atomic E-state index is 12.3. The Morgan fingerprint density at radius 2 is 1.90 bits per heavy atom. The molecule has 2 fully saturated rings. The highest BCUT2D eigenvalue weighted by Gasteiger charge is 2.36. The second-order valence-corrected chi connectivity index (χ2v) is 6.41. The van der Waals surface area contributed by atoms with Gasteiger partial charge in [-0.25, -0.2) is 0 Å². The summed E-state index contributed by atoms with van der Waals surface area (Å²) in [6, 6.07) is 0. The van der Waals surface area contributed by atoms with Crippen LogP contribution in [0.25, 0.3) is 0 Å². The van der Waals surface area contributed by atoms with Gasteiger partial charge in [0.15, 0.2) is 0 Å². The molecular weight excluding hydrogens is 252 g/mol. The van der Waals surface area contributed by atoms with Crippen LogP contribution >= 0.6 is 0 Å². The van der Waals surface area contributed by atoms with Gasteiger partial charge in [-0.2, -0.15) is 5.10 Å². The first-order valence-electron chi connectivity index (χ1n) is 7.73. The Morgan fingerprint density at radius 1 is 1.20 bits per heavy atom. The topological polar surface area (TPSA) is 64.1 Å². The number of nitrogens with two attached hydrogens (primary N) is 1. The molecule has 1 aliphatic heterocycles. The Hall–Kier alpha value is -1.52. The van der Waals surface area contributed by atoms with Gasteiger partial charge in [0.25, 0.3) is 0 Å². The van der Waals surface area contributed by atoms with Crippen LogP contribution in [0.15, 0.2) is 12.4 Å². The fraction of sp³-hybridized carbons (Fsp3) is 0.733. The number of carbonyl (C=O) groups is 1. The van der Waals surface area contributed by atoms with E-state index >= 15 is 0 Å². The van der Waals surface area contributed by atoms with Crippen molar-refractivity contribution in [2.75, 3.05) is 18.8 Å². The smallest absolute Gasteiger partial charge is 0.244 e. The molecule has 3 rings (SSSR count). The lowest BCUT2D eigenvalue weighted by atomic mass is 9.68. The van der Waals surface area contributed by atoms with Crippen LogP contribution in [-0.4, -0.2) is 33.7 Å². The Kier molecular flexibility index (Phi) is 3.68.